The van der Waals surface area contributed by atoms with Gasteiger partial charge in [-0.2, -0.15) is 0 Å². The van der Waals surface area contributed by atoms with E-state index in [1.165, 1.54) is 0 Å². The van der Waals surface area contributed by atoms with Crippen LogP contribution >= 0.6 is 0 Å². The third kappa shape index (κ3) is 2.56. The molecule has 0 aromatic carbocycles. The van der Waals surface area contributed by atoms with Gasteiger partial charge in [0.15, 0.2) is 0 Å². The fraction of sp³-hybridized carbons (Fsp3) is 0.700. The van der Waals surface area contributed by atoms with Crippen LogP contribution in [0.15, 0.2) is 12.2 Å². The lowest BCUT2D eigenvalue weighted by Crippen LogP contribution is -2.41. The molecule has 0 radical (unpaired) electrons. The van der Waals surface area contributed by atoms with Gasteiger partial charge in [0.25, 0.3) is 0 Å². The Bertz CT molecular complexity index is 213. The molecule has 2 N–H and O–H groups in total. The molecule has 3 nitrogen and oxygen atoms in total. The summed E-state index contributed by atoms with van der Waals surface area (Å²) < 4.78 is 0. The molecule has 1 aliphatic heterocycles. The second kappa shape index (κ2) is 4.42. The van der Waals surface area contributed by atoms with E-state index in [-0.39, 0.29) is 11.8 Å². The molecule has 0 aromatic rings. The first kappa shape index (κ1) is 10.3. The van der Waals surface area contributed by atoms with E-state index in [1.807, 2.05) is 11.8 Å². The Balaban J connectivity index is 2.49. The number of amides is 1. The largest absolute Gasteiger partial charge is 0.338 e. The number of piperidine rings is 1. The molecule has 0 bridgehead atoms. The summed E-state index contributed by atoms with van der Waals surface area (Å²) in [7, 11) is 0. The summed E-state index contributed by atoms with van der Waals surface area (Å²) in [5.74, 6) is 0.431. The van der Waals surface area contributed by atoms with Gasteiger partial charge in [0.2, 0.25) is 5.91 Å². The van der Waals surface area contributed by atoms with Gasteiger partial charge in [0, 0.05) is 25.6 Å². The summed E-state index contributed by atoms with van der Waals surface area (Å²) in [6.45, 7) is 7.77. The van der Waals surface area contributed by atoms with Crippen molar-refractivity contribution in [3.63, 3.8) is 0 Å². The standard InChI is InChI=1S/C10H18N2O/c1-8(6-11)7-12-5-3-4-9(2)10(12)13/h9H,1,3-7,11H2,2H3. The fourth-order valence-electron chi connectivity index (χ4n) is 1.63. The highest BCUT2D eigenvalue weighted by atomic mass is 16.2. The monoisotopic (exact) mass is 182 g/mol. The lowest BCUT2D eigenvalue weighted by atomic mass is 9.99. The van der Waals surface area contributed by atoms with E-state index in [9.17, 15) is 4.79 Å². The maximum absolute atomic E-state index is 11.6. The van der Waals surface area contributed by atoms with Crippen molar-refractivity contribution in [1.29, 1.82) is 0 Å². The van der Waals surface area contributed by atoms with Crippen LogP contribution in [-0.4, -0.2) is 30.4 Å². The molecule has 1 amide bonds. The topological polar surface area (TPSA) is 46.3 Å². The second-order valence-electron chi connectivity index (χ2n) is 3.76. The Morgan fingerprint density at radius 2 is 2.46 bits per heavy atom. The normalized spacial score (nSPS) is 23.4. The van der Waals surface area contributed by atoms with Crippen LogP contribution in [0, 0.1) is 5.92 Å². The summed E-state index contributed by atoms with van der Waals surface area (Å²) >= 11 is 0. The van der Waals surface area contributed by atoms with Crippen LogP contribution in [-0.2, 0) is 4.79 Å². The molecule has 1 fully saturated rings. The van der Waals surface area contributed by atoms with Crippen molar-refractivity contribution < 1.29 is 4.79 Å². The lowest BCUT2D eigenvalue weighted by molar-refractivity contribution is -0.137. The Kier molecular flexibility index (Phi) is 3.48. The Morgan fingerprint density at radius 3 is 3.08 bits per heavy atom. The summed E-state index contributed by atoms with van der Waals surface area (Å²) in [4.78, 5) is 13.5. The highest BCUT2D eigenvalue weighted by Crippen LogP contribution is 2.17. The van der Waals surface area contributed by atoms with Crippen molar-refractivity contribution in [3.05, 3.63) is 12.2 Å². The van der Waals surface area contributed by atoms with E-state index < -0.39 is 0 Å². The molecule has 3 heteroatoms. The zero-order valence-electron chi connectivity index (χ0n) is 8.25. The van der Waals surface area contributed by atoms with Crippen LogP contribution in [0.4, 0.5) is 0 Å². The average molecular weight is 182 g/mol. The third-order valence-electron chi connectivity index (χ3n) is 2.50. The van der Waals surface area contributed by atoms with Crippen molar-refractivity contribution in [1.82, 2.24) is 4.90 Å². The fourth-order valence-corrected chi connectivity index (χ4v) is 1.63. The van der Waals surface area contributed by atoms with Gasteiger partial charge in [-0.1, -0.05) is 13.5 Å². The maximum Gasteiger partial charge on any atom is 0.225 e. The minimum Gasteiger partial charge on any atom is -0.338 e. The molecule has 74 valence electrons. The average Bonchev–Trinajstić information content (AvgIpc) is 2.13. The van der Waals surface area contributed by atoms with E-state index in [4.69, 9.17) is 5.73 Å². The zero-order valence-corrected chi connectivity index (χ0v) is 8.25. The number of carbonyl (C=O) groups is 1. The van der Waals surface area contributed by atoms with Crippen LogP contribution in [0.5, 0.6) is 0 Å². The highest BCUT2D eigenvalue weighted by Gasteiger charge is 2.24. The van der Waals surface area contributed by atoms with Gasteiger partial charge < -0.3 is 10.6 Å². The highest BCUT2D eigenvalue weighted by molar-refractivity contribution is 5.79. The van der Waals surface area contributed by atoms with E-state index in [2.05, 4.69) is 6.58 Å². The SMILES string of the molecule is C=C(CN)CN1CCCC(C)C1=O. The Hall–Kier alpha value is -0.830. The molecule has 1 saturated heterocycles. The first-order valence-electron chi connectivity index (χ1n) is 4.80. The molecular formula is C10H18N2O. The number of hydrogen-bond donors (Lipinski definition) is 1. The molecule has 1 aliphatic rings. The van der Waals surface area contributed by atoms with Gasteiger partial charge in [-0.3, -0.25) is 4.79 Å². The minimum atomic E-state index is 0.180. The first-order valence-corrected chi connectivity index (χ1v) is 4.80. The summed E-state index contributed by atoms with van der Waals surface area (Å²) in [6, 6.07) is 0. The number of hydrogen-bond acceptors (Lipinski definition) is 2. The smallest absolute Gasteiger partial charge is 0.225 e. The maximum atomic E-state index is 11.6. The summed E-state index contributed by atoms with van der Waals surface area (Å²) in [5.41, 5.74) is 6.36. The second-order valence-corrected chi connectivity index (χ2v) is 3.76. The number of nitrogens with zero attached hydrogens (tertiary/aromatic N) is 1. The first-order chi connectivity index (χ1) is 6.15. The molecule has 0 aromatic heterocycles. The van der Waals surface area contributed by atoms with Crippen molar-refractivity contribution in [2.75, 3.05) is 19.6 Å². The Morgan fingerprint density at radius 1 is 1.77 bits per heavy atom. The third-order valence-corrected chi connectivity index (χ3v) is 2.50. The van der Waals surface area contributed by atoms with Gasteiger partial charge in [-0.15, -0.1) is 0 Å². The molecule has 1 atom stereocenters. The zero-order chi connectivity index (χ0) is 9.84. The van der Waals surface area contributed by atoms with E-state index in [1.54, 1.807) is 0 Å². The molecule has 1 unspecified atom stereocenters. The molecular weight excluding hydrogens is 164 g/mol. The van der Waals surface area contributed by atoms with Crippen LogP contribution in [0.2, 0.25) is 0 Å². The van der Waals surface area contributed by atoms with E-state index >= 15 is 0 Å². The molecule has 0 spiro atoms. The number of likely N-dealkylation sites (tertiary alicyclic amines) is 1. The van der Waals surface area contributed by atoms with Gasteiger partial charge in [-0.05, 0) is 18.4 Å². The number of nitrogens with two attached hydrogens (primary N) is 1. The lowest BCUT2D eigenvalue weighted by Gasteiger charge is -2.31. The van der Waals surface area contributed by atoms with Gasteiger partial charge in [0.05, 0.1) is 0 Å². The number of carbonyl (C=O) groups excluding carboxylic acids is 1. The van der Waals surface area contributed by atoms with Crippen molar-refractivity contribution in [2.24, 2.45) is 11.7 Å². The van der Waals surface area contributed by atoms with Crippen LogP contribution in [0.3, 0.4) is 0 Å². The van der Waals surface area contributed by atoms with Crippen LogP contribution in [0.25, 0.3) is 0 Å². The molecule has 1 heterocycles. The molecule has 0 saturated carbocycles. The minimum absolute atomic E-state index is 0.180. The van der Waals surface area contributed by atoms with Gasteiger partial charge >= 0.3 is 0 Å². The van der Waals surface area contributed by atoms with Crippen molar-refractivity contribution >= 4 is 5.91 Å². The van der Waals surface area contributed by atoms with E-state index in [0.717, 1.165) is 25.0 Å². The molecule has 0 aliphatic carbocycles. The van der Waals surface area contributed by atoms with E-state index in [0.29, 0.717) is 13.1 Å². The predicted octanol–water partition coefficient (Wildman–Crippen LogP) is 0.760. The van der Waals surface area contributed by atoms with Gasteiger partial charge in [-0.25, -0.2) is 0 Å². The van der Waals surface area contributed by atoms with Gasteiger partial charge in [0.1, 0.15) is 0 Å². The number of rotatable bonds is 3. The predicted molar refractivity (Wildman–Crippen MR) is 53.2 cm³/mol. The van der Waals surface area contributed by atoms with Crippen molar-refractivity contribution in [2.45, 2.75) is 19.8 Å². The van der Waals surface area contributed by atoms with Crippen LogP contribution < -0.4 is 5.73 Å². The summed E-state index contributed by atoms with van der Waals surface area (Å²) in [6.07, 6.45) is 2.12. The van der Waals surface area contributed by atoms with Crippen LogP contribution in [0.1, 0.15) is 19.8 Å². The quantitative estimate of drug-likeness (QED) is 0.655. The van der Waals surface area contributed by atoms with Crippen molar-refractivity contribution in [3.8, 4) is 0 Å². The molecule has 13 heavy (non-hydrogen) atoms. The molecule has 1 rings (SSSR count). The Labute approximate surface area is 79.6 Å². The summed E-state index contributed by atoms with van der Waals surface area (Å²) in [5, 5.41) is 0.